The van der Waals surface area contributed by atoms with Gasteiger partial charge in [-0.3, -0.25) is 19.3 Å². The van der Waals surface area contributed by atoms with Gasteiger partial charge < -0.3 is 4.90 Å². The van der Waals surface area contributed by atoms with Gasteiger partial charge in [0.1, 0.15) is 6.04 Å². The molecule has 5 rings (SSSR count). The van der Waals surface area contributed by atoms with Crippen LogP contribution in [0.4, 0.5) is 0 Å². The van der Waals surface area contributed by atoms with E-state index in [1.54, 1.807) is 24.3 Å². The molecular formula is C26H28N2O3. The maximum Gasteiger partial charge on any atom is 0.262 e. The molecule has 3 atom stereocenters. The summed E-state index contributed by atoms with van der Waals surface area (Å²) >= 11 is 0. The molecule has 0 bridgehead atoms. The quantitative estimate of drug-likeness (QED) is 0.710. The van der Waals surface area contributed by atoms with Crippen molar-refractivity contribution in [2.75, 3.05) is 13.1 Å². The minimum atomic E-state index is -0.810. The number of carbonyl (C=O) groups excluding carboxylic acids is 3. The topological polar surface area (TPSA) is 57.7 Å². The molecule has 0 unspecified atom stereocenters. The number of likely N-dealkylation sites (tertiary alicyclic amines) is 1. The molecule has 31 heavy (non-hydrogen) atoms. The molecule has 1 saturated heterocycles. The average molecular weight is 417 g/mol. The second-order valence-electron chi connectivity index (χ2n) is 9.11. The summed E-state index contributed by atoms with van der Waals surface area (Å²) in [7, 11) is 0. The summed E-state index contributed by atoms with van der Waals surface area (Å²) in [5, 5.41) is 0. The van der Waals surface area contributed by atoms with Crippen molar-refractivity contribution in [2.45, 2.75) is 44.6 Å². The monoisotopic (exact) mass is 416 g/mol. The van der Waals surface area contributed by atoms with Crippen LogP contribution in [0, 0.1) is 11.8 Å². The number of benzene rings is 2. The summed E-state index contributed by atoms with van der Waals surface area (Å²) < 4.78 is 0. The fourth-order valence-corrected chi connectivity index (χ4v) is 5.63. The van der Waals surface area contributed by atoms with Crippen LogP contribution in [-0.2, 0) is 11.2 Å². The smallest absolute Gasteiger partial charge is 0.262 e. The van der Waals surface area contributed by atoms with Gasteiger partial charge in [0.2, 0.25) is 5.91 Å². The number of imide groups is 1. The molecule has 3 aliphatic rings. The average Bonchev–Trinajstić information content (AvgIpc) is 3.07. The van der Waals surface area contributed by atoms with E-state index >= 15 is 0 Å². The highest BCUT2D eigenvalue weighted by Gasteiger charge is 2.45. The third kappa shape index (κ3) is 3.67. The normalized spacial score (nSPS) is 24.0. The van der Waals surface area contributed by atoms with Crippen molar-refractivity contribution in [1.29, 1.82) is 0 Å². The molecular weight excluding hydrogens is 388 g/mol. The molecule has 0 N–H and O–H groups in total. The highest BCUT2D eigenvalue weighted by atomic mass is 16.2. The molecule has 2 aliphatic heterocycles. The lowest BCUT2D eigenvalue weighted by Gasteiger charge is -2.43. The van der Waals surface area contributed by atoms with E-state index < -0.39 is 6.04 Å². The Hall–Kier alpha value is -2.95. The van der Waals surface area contributed by atoms with Crippen LogP contribution in [-0.4, -0.2) is 46.7 Å². The van der Waals surface area contributed by atoms with E-state index in [-0.39, 0.29) is 17.7 Å². The number of hydrogen-bond donors (Lipinski definition) is 0. The fourth-order valence-electron chi connectivity index (χ4n) is 5.63. The van der Waals surface area contributed by atoms with Gasteiger partial charge in [0.25, 0.3) is 11.8 Å². The van der Waals surface area contributed by atoms with Crippen LogP contribution in [0.5, 0.6) is 0 Å². The van der Waals surface area contributed by atoms with Crippen molar-refractivity contribution in [3.05, 3.63) is 71.3 Å². The fraction of sp³-hybridized carbons (Fsp3) is 0.423. The van der Waals surface area contributed by atoms with Gasteiger partial charge >= 0.3 is 0 Å². The molecule has 0 radical (unpaired) electrons. The molecule has 1 saturated carbocycles. The molecule has 3 amide bonds. The van der Waals surface area contributed by atoms with Crippen LogP contribution in [0.2, 0.25) is 0 Å². The molecule has 2 aromatic rings. The number of amides is 3. The van der Waals surface area contributed by atoms with Gasteiger partial charge in [-0.25, -0.2) is 0 Å². The molecule has 5 nitrogen and oxygen atoms in total. The van der Waals surface area contributed by atoms with E-state index in [0.717, 1.165) is 18.5 Å². The Morgan fingerprint density at radius 2 is 1.45 bits per heavy atom. The summed E-state index contributed by atoms with van der Waals surface area (Å²) in [6.45, 7) is 1.46. The van der Waals surface area contributed by atoms with Gasteiger partial charge in [0.15, 0.2) is 0 Å². The standard InChI is InChI=1S/C26H28N2O3/c29-24-21-12-6-7-13-22(21)25(30)28(24)23(16-18-8-2-1-3-9-18)26(31)27-15-14-19-10-4-5-11-20(19)17-27/h1-3,6-9,12-13,19-20,23H,4-5,10-11,14-17H2/t19-,20-,23+/m0/s1. The van der Waals surface area contributed by atoms with E-state index in [9.17, 15) is 14.4 Å². The van der Waals surface area contributed by atoms with Gasteiger partial charge in [0.05, 0.1) is 11.1 Å². The van der Waals surface area contributed by atoms with Gasteiger partial charge in [-0.2, -0.15) is 0 Å². The minimum Gasteiger partial charge on any atom is -0.341 e. The highest BCUT2D eigenvalue weighted by molar-refractivity contribution is 6.22. The SMILES string of the molecule is O=C([C@@H](Cc1ccccc1)N1C(=O)c2ccccc2C1=O)N1CC[C@@H]2CCCC[C@H]2C1. The molecule has 2 heterocycles. The van der Waals surface area contributed by atoms with Crippen LogP contribution in [0.15, 0.2) is 54.6 Å². The van der Waals surface area contributed by atoms with E-state index in [2.05, 4.69) is 0 Å². The number of carbonyl (C=O) groups is 3. The molecule has 0 spiro atoms. The Balaban J connectivity index is 1.44. The van der Waals surface area contributed by atoms with Crippen LogP contribution >= 0.6 is 0 Å². The largest absolute Gasteiger partial charge is 0.341 e. The summed E-state index contributed by atoms with van der Waals surface area (Å²) in [6.07, 6.45) is 6.32. The zero-order valence-corrected chi connectivity index (χ0v) is 17.7. The number of nitrogens with zero attached hydrogens (tertiary/aromatic N) is 2. The number of fused-ring (bicyclic) bond motifs is 2. The van der Waals surface area contributed by atoms with Crippen LogP contribution in [0.25, 0.3) is 0 Å². The predicted octanol–water partition coefficient (Wildman–Crippen LogP) is 3.93. The summed E-state index contributed by atoms with van der Waals surface area (Å²) in [5.41, 5.74) is 1.73. The summed E-state index contributed by atoms with van der Waals surface area (Å²) in [5.74, 6) is 0.447. The first-order valence-electron chi connectivity index (χ1n) is 11.4. The predicted molar refractivity (Wildman–Crippen MR) is 118 cm³/mol. The third-order valence-corrected chi connectivity index (χ3v) is 7.30. The molecule has 0 aromatic heterocycles. The third-order valence-electron chi connectivity index (χ3n) is 7.30. The number of hydrogen-bond acceptors (Lipinski definition) is 3. The number of rotatable bonds is 4. The van der Waals surface area contributed by atoms with Crippen molar-refractivity contribution in [1.82, 2.24) is 9.80 Å². The van der Waals surface area contributed by atoms with Gasteiger partial charge in [-0.15, -0.1) is 0 Å². The molecule has 2 aromatic carbocycles. The van der Waals surface area contributed by atoms with Crippen molar-refractivity contribution in [2.24, 2.45) is 11.8 Å². The summed E-state index contributed by atoms with van der Waals surface area (Å²) in [6, 6.07) is 15.7. The van der Waals surface area contributed by atoms with E-state index in [4.69, 9.17) is 0 Å². The van der Waals surface area contributed by atoms with Crippen molar-refractivity contribution >= 4 is 17.7 Å². The lowest BCUT2D eigenvalue weighted by Crippen LogP contribution is -2.55. The lowest BCUT2D eigenvalue weighted by atomic mass is 9.75. The van der Waals surface area contributed by atoms with Gasteiger partial charge in [-0.05, 0) is 42.4 Å². The number of piperidine rings is 1. The second kappa shape index (κ2) is 8.29. The maximum absolute atomic E-state index is 13.8. The van der Waals surface area contributed by atoms with E-state index in [1.165, 1.54) is 30.6 Å². The van der Waals surface area contributed by atoms with Crippen molar-refractivity contribution < 1.29 is 14.4 Å². The molecule has 160 valence electrons. The maximum atomic E-state index is 13.8. The van der Waals surface area contributed by atoms with Gasteiger partial charge in [0, 0.05) is 19.5 Å². The van der Waals surface area contributed by atoms with Crippen LogP contribution in [0.1, 0.15) is 58.4 Å². The zero-order chi connectivity index (χ0) is 21.4. The summed E-state index contributed by atoms with van der Waals surface area (Å²) in [4.78, 5) is 43.3. The van der Waals surface area contributed by atoms with Crippen LogP contribution in [0.3, 0.4) is 0 Å². The van der Waals surface area contributed by atoms with E-state index in [0.29, 0.717) is 35.9 Å². The Morgan fingerprint density at radius 1 is 0.839 bits per heavy atom. The first-order valence-corrected chi connectivity index (χ1v) is 11.4. The Morgan fingerprint density at radius 3 is 2.13 bits per heavy atom. The minimum absolute atomic E-state index is 0.0950. The van der Waals surface area contributed by atoms with Gasteiger partial charge in [-0.1, -0.05) is 61.7 Å². The molecule has 1 aliphatic carbocycles. The van der Waals surface area contributed by atoms with E-state index in [1.807, 2.05) is 35.2 Å². The lowest BCUT2D eigenvalue weighted by molar-refractivity contribution is -0.138. The first kappa shape index (κ1) is 20.0. The zero-order valence-electron chi connectivity index (χ0n) is 17.7. The second-order valence-corrected chi connectivity index (χ2v) is 9.11. The first-order chi connectivity index (χ1) is 15.1. The Kier molecular flexibility index (Phi) is 5.34. The highest BCUT2D eigenvalue weighted by Crippen LogP contribution is 2.37. The Bertz CT molecular complexity index is 968. The Labute approximate surface area is 183 Å². The van der Waals surface area contributed by atoms with Crippen molar-refractivity contribution in [3.63, 3.8) is 0 Å². The molecule has 5 heteroatoms. The van der Waals surface area contributed by atoms with Crippen molar-refractivity contribution in [3.8, 4) is 0 Å². The van der Waals surface area contributed by atoms with Crippen LogP contribution < -0.4 is 0 Å². The molecule has 2 fully saturated rings.